The maximum atomic E-state index is 4.21. The van der Waals surface area contributed by atoms with Crippen LogP contribution in [0.5, 0.6) is 0 Å². The van der Waals surface area contributed by atoms with Crippen molar-refractivity contribution >= 4 is 27.9 Å². The van der Waals surface area contributed by atoms with Crippen LogP contribution < -0.4 is 0 Å². The molecule has 2 rings (SSSR count). The second kappa shape index (κ2) is 2.16. The van der Waals surface area contributed by atoms with E-state index in [9.17, 15) is 0 Å². The zero-order valence-electron chi connectivity index (χ0n) is 5.16. The van der Waals surface area contributed by atoms with Crippen molar-refractivity contribution in [3.05, 3.63) is 22.8 Å². The summed E-state index contributed by atoms with van der Waals surface area (Å²) in [6.07, 6.45) is 7.55. The van der Waals surface area contributed by atoms with Gasteiger partial charge in [0.1, 0.15) is 6.04 Å². The number of aliphatic imine (C=N–C) groups is 2. The second-order valence-corrected chi connectivity index (χ2v) is 3.06. The zero-order chi connectivity index (χ0) is 6.97. The third kappa shape index (κ3) is 0.865. The first-order valence-electron chi connectivity index (χ1n) is 3.01. The molecule has 0 fully saturated rings. The van der Waals surface area contributed by atoms with E-state index in [0.717, 1.165) is 10.2 Å². The van der Waals surface area contributed by atoms with Crippen molar-refractivity contribution in [2.75, 3.05) is 0 Å². The van der Waals surface area contributed by atoms with E-state index in [1.807, 2.05) is 12.2 Å². The molecule has 0 radical (unpaired) electrons. The van der Waals surface area contributed by atoms with Crippen LogP contribution in [0, 0.1) is 0 Å². The van der Waals surface area contributed by atoms with E-state index >= 15 is 0 Å². The highest BCUT2D eigenvalue weighted by Crippen LogP contribution is 2.15. The van der Waals surface area contributed by atoms with Crippen LogP contribution in [0.2, 0.25) is 0 Å². The number of rotatable bonds is 0. The number of nitrogens with zero attached hydrogens (tertiary/aromatic N) is 2. The molecule has 1 atom stereocenters. The number of hydrogen-bond acceptors (Lipinski definition) is 2. The van der Waals surface area contributed by atoms with Crippen LogP contribution in [0.3, 0.4) is 0 Å². The van der Waals surface area contributed by atoms with Gasteiger partial charge in [-0.3, -0.25) is 9.98 Å². The highest BCUT2D eigenvalue weighted by atomic mass is 79.9. The number of dihydropyridines is 1. The molecule has 2 heterocycles. The second-order valence-electron chi connectivity index (χ2n) is 2.15. The van der Waals surface area contributed by atoms with Crippen molar-refractivity contribution in [1.29, 1.82) is 0 Å². The summed E-state index contributed by atoms with van der Waals surface area (Å²) in [5.41, 5.74) is 1.02. The highest BCUT2D eigenvalue weighted by molar-refractivity contribution is 9.12. The molecule has 0 aromatic rings. The Morgan fingerprint density at radius 1 is 1.50 bits per heavy atom. The van der Waals surface area contributed by atoms with E-state index in [1.54, 1.807) is 12.4 Å². The Bertz CT molecular complexity index is 273. The SMILES string of the molecule is BrC1=CC2=NC=C[C@H]2N=C1. The minimum atomic E-state index is 0.182. The third-order valence-electron chi connectivity index (χ3n) is 1.44. The minimum absolute atomic E-state index is 0.182. The Kier molecular flexibility index (Phi) is 1.31. The van der Waals surface area contributed by atoms with Crippen LogP contribution in [0.4, 0.5) is 0 Å². The Morgan fingerprint density at radius 2 is 2.40 bits per heavy atom. The molecule has 0 bridgehead atoms. The van der Waals surface area contributed by atoms with E-state index in [-0.39, 0.29) is 6.04 Å². The topological polar surface area (TPSA) is 24.7 Å². The summed E-state index contributed by atoms with van der Waals surface area (Å²) in [7, 11) is 0. The van der Waals surface area contributed by atoms with Crippen LogP contribution >= 0.6 is 15.9 Å². The van der Waals surface area contributed by atoms with Gasteiger partial charge in [-0.05, 0) is 28.1 Å². The predicted octanol–water partition coefficient (Wildman–Crippen LogP) is 1.69. The maximum absolute atomic E-state index is 4.21. The lowest BCUT2D eigenvalue weighted by Crippen LogP contribution is -2.14. The summed E-state index contributed by atoms with van der Waals surface area (Å²) in [6.45, 7) is 0. The smallest absolute Gasteiger partial charge is 0.112 e. The van der Waals surface area contributed by atoms with Crippen molar-refractivity contribution in [2.45, 2.75) is 6.04 Å². The lowest BCUT2D eigenvalue weighted by Gasteiger charge is -2.06. The fourth-order valence-corrected chi connectivity index (χ4v) is 1.32. The summed E-state index contributed by atoms with van der Waals surface area (Å²) in [4.78, 5) is 8.34. The normalized spacial score (nSPS) is 27.9. The van der Waals surface area contributed by atoms with E-state index < -0.39 is 0 Å². The third-order valence-corrected chi connectivity index (χ3v) is 1.87. The van der Waals surface area contributed by atoms with Gasteiger partial charge in [-0.1, -0.05) is 0 Å². The first-order chi connectivity index (χ1) is 4.86. The minimum Gasteiger partial charge on any atom is -0.278 e. The van der Waals surface area contributed by atoms with Crippen LogP contribution in [-0.2, 0) is 0 Å². The molecular formula is C7H5BrN2. The van der Waals surface area contributed by atoms with Crippen molar-refractivity contribution in [3.8, 4) is 0 Å². The predicted molar refractivity (Wildman–Crippen MR) is 45.9 cm³/mol. The Labute approximate surface area is 67.2 Å². The fourth-order valence-electron chi connectivity index (χ4n) is 0.964. The molecule has 0 aliphatic carbocycles. The summed E-state index contributed by atoms with van der Waals surface area (Å²) < 4.78 is 0.992. The van der Waals surface area contributed by atoms with Gasteiger partial charge in [-0.2, -0.15) is 0 Å². The molecule has 10 heavy (non-hydrogen) atoms. The zero-order valence-corrected chi connectivity index (χ0v) is 6.75. The quantitative estimate of drug-likeness (QED) is 0.564. The van der Waals surface area contributed by atoms with Gasteiger partial charge in [0, 0.05) is 16.9 Å². The maximum Gasteiger partial charge on any atom is 0.112 e. The monoisotopic (exact) mass is 196 g/mol. The molecule has 0 amide bonds. The van der Waals surface area contributed by atoms with Crippen LogP contribution in [-0.4, -0.2) is 18.0 Å². The first kappa shape index (κ1) is 6.04. The largest absolute Gasteiger partial charge is 0.278 e. The molecule has 0 unspecified atom stereocenters. The summed E-state index contributed by atoms with van der Waals surface area (Å²) in [5.74, 6) is 0. The molecule has 0 spiro atoms. The molecule has 50 valence electrons. The number of hydrogen-bond donors (Lipinski definition) is 0. The molecule has 2 nitrogen and oxygen atoms in total. The van der Waals surface area contributed by atoms with Crippen molar-refractivity contribution in [2.24, 2.45) is 9.98 Å². The molecular weight excluding hydrogens is 192 g/mol. The highest BCUT2D eigenvalue weighted by Gasteiger charge is 2.15. The Balaban J connectivity index is 2.39. The molecule has 0 aromatic carbocycles. The van der Waals surface area contributed by atoms with Crippen LogP contribution in [0.25, 0.3) is 0 Å². The van der Waals surface area contributed by atoms with E-state index in [4.69, 9.17) is 0 Å². The molecule has 2 aliphatic heterocycles. The van der Waals surface area contributed by atoms with E-state index in [1.165, 1.54) is 0 Å². The van der Waals surface area contributed by atoms with Gasteiger partial charge in [-0.25, -0.2) is 0 Å². The van der Waals surface area contributed by atoms with E-state index in [2.05, 4.69) is 25.9 Å². The van der Waals surface area contributed by atoms with Crippen LogP contribution in [0.15, 0.2) is 32.8 Å². The van der Waals surface area contributed by atoms with Gasteiger partial charge >= 0.3 is 0 Å². The molecule has 0 aromatic heterocycles. The molecule has 2 aliphatic rings. The number of allylic oxidation sites excluding steroid dienone is 1. The average Bonchev–Trinajstić information content (AvgIpc) is 2.33. The standard InChI is InChI=1S/C7H5BrN2/c8-5-3-7-6(10-4-5)1-2-9-7/h1-4,6H/t6-/m1/s1. The average molecular weight is 197 g/mol. The summed E-state index contributed by atoms with van der Waals surface area (Å²) in [6, 6.07) is 0.182. The van der Waals surface area contributed by atoms with Crippen LogP contribution in [0.1, 0.15) is 0 Å². The van der Waals surface area contributed by atoms with Gasteiger partial charge in [-0.15, -0.1) is 0 Å². The van der Waals surface area contributed by atoms with Crippen molar-refractivity contribution < 1.29 is 0 Å². The van der Waals surface area contributed by atoms with Gasteiger partial charge in [0.2, 0.25) is 0 Å². The fraction of sp³-hybridized carbons (Fsp3) is 0.143. The summed E-state index contributed by atoms with van der Waals surface area (Å²) in [5, 5.41) is 0. The molecule has 0 saturated heterocycles. The Morgan fingerprint density at radius 3 is 3.30 bits per heavy atom. The van der Waals surface area contributed by atoms with Gasteiger partial charge < -0.3 is 0 Å². The molecule has 3 heteroatoms. The number of halogens is 1. The molecule has 0 saturated carbocycles. The molecule has 0 N–H and O–H groups in total. The lowest BCUT2D eigenvalue weighted by atomic mass is 10.1. The van der Waals surface area contributed by atoms with Gasteiger partial charge in [0.15, 0.2) is 0 Å². The van der Waals surface area contributed by atoms with Gasteiger partial charge in [0.05, 0.1) is 5.71 Å². The lowest BCUT2D eigenvalue weighted by molar-refractivity contribution is 1.11. The first-order valence-corrected chi connectivity index (χ1v) is 3.80. The van der Waals surface area contributed by atoms with Crippen molar-refractivity contribution in [1.82, 2.24) is 0 Å². The summed E-state index contributed by atoms with van der Waals surface area (Å²) >= 11 is 3.33. The van der Waals surface area contributed by atoms with E-state index in [0.29, 0.717) is 0 Å². The van der Waals surface area contributed by atoms with Crippen molar-refractivity contribution in [3.63, 3.8) is 0 Å². The Hall–Kier alpha value is -0.700. The van der Waals surface area contributed by atoms with Gasteiger partial charge in [0.25, 0.3) is 0 Å². The number of fused-ring (bicyclic) bond motifs is 1.